The Kier molecular flexibility index (Phi) is 7.25. The molecule has 168 valence electrons. The number of nitrogens with one attached hydrogen (secondary N) is 1. The fourth-order valence-corrected chi connectivity index (χ4v) is 5.10. The molecule has 1 amide bonds. The molecule has 3 rings (SSSR count). The van der Waals surface area contributed by atoms with Crippen LogP contribution < -0.4 is 5.32 Å². The number of β-amino-alcohol motifs (C(OH)–C–C–N with tert-alkyl or cyclic N) is 1. The van der Waals surface area contributed by atoms with Crippen LogP contribution in [0.5, 0.6) is 0 Å². The minimum absolute atomic E-state index is 0.0141. The first-order chi connectivity index (χ1) is 14.6. The molecule has 0 spiro atoms. The van der Waals surface area contributed by atoms with E-state index in [1.807, 2.05) is 0 Å². The van der Waals surface area contributed by atoms with Gasteiger partial charge in [-0.2, -0.15) is 4.31 Å². The second-order valence-electron chi connectivity index (χ2n) is 7.22. The number of carbonyl (C=O) groups is 1. The number of amides is 1. The van der Waals surface area contributed by atoms with Crippen molar-refractivity contribution in [2.75, 3.05) is 25.1 Å². The minimum atomic E-state index is -4.40. The lowest BCUT2D eigenvalue weighted by Crippen LogP contribution is -2.39. The zero-order chi connectivity index (χ0) is 22.8. The molecule has 2 aromatic rings. The number of sulfonamides is 1. The Labute approximate surface area is 182 Å². The summed E-state index contributed by atoms with van der Waals surface area (Å²) in [4.78, 5) is 11.8. The molecule has 1 unspecified atom stereocenters. The number of hydrogen-bond acceptors (Lipinski definition) is 4. The molecule has 0 radical (unpaired) electrons. The highest BCUT2D eigenvalue weighted by molar-refractivity contribution is 7.89. The molecule has 1 aliphatic heterocycles. The van der Waals surface area contributed by atoms with Gasteiger partial charge in [0, 0.05) is 30.3 Å². The van der Waals surface area contributed by atoms with Crippen molar-refractivity contribution in [1.29, 1.82) is 0 Å². The van der Waals surface area contributed by atoms with Gasteiger partial charge in [-0.25, -0.2) is 17.2 Å². The maximum absolute atomic E-state index is 14.4. The summed E-state index contributed by atoms with van der Waals surface area (Å²) in [6.07, 6.45) is -0.618. The molecule has 2 aromatic carbocycles. The Morgan fingerprint density at radius 3 is 2.58 bits per heavy atom. The molecule has 1 saturated heterocycles. The van der Waals surface area contributed by atoms with Gasteiger partial charge < -0.3 is 10.4 Å². The van der Waals surface area contributed by atoms with Crippen molar-refractivity contribution in [1.82, 2.24) is 4.31 Å². The fraction of sp³-hybridized carbons (Fsp3) is 0.350. The van der Waals surface area contributed by atoms with E-state index in [1.54, 1.807) is 0 Å². The van der Waals surface area contributed by atoms with Crippen molar-refractivity contribution in [2.45, 2.75) is 23.8 Å². The molecular weight excluding hydrogens is 457 g/mol. The number of alkyl halides is 1. The predicted molar refractivity (Wildman–Crippen MR) is 109 cm³/mol. The van der Waals surface area contributed by atoms with Crippen molar-refractivity contribution in [2.24, 2.45) is 5.92 Å². The second kappa shape index (κ2) is 9.56. The lowest BCUT2D eigenvalue weighted by molar-refractivity contribution is 0.0830. The molecule has 1 aliphatic rings. The van der Waals surface area contributed by atoms with Gasteiger partial charge in [-0.05, 0) is 49.2 Å². The fourth-order valence-electron chi connectivity index (χ4n) is 3.33. The number of halogens is 4. The largest absolute Gasteiger partial charge is 0.391 e. The summed E-state index contributed by atoms with van der Waals surface area (Å²) in [6, 6.07) is 6.32. The molecule has 11 heteroatoms. The van der Waals surface area contributed by atoms with Gasteiger partial charge >= 0.3 is 0 Å². The van der Waals surface area contributed by atoms with Crippen LogP contribution in [0.1, 0.15) is 23.2 Å². The van der Waals surface area contributed by atoms with Gasteiger partial charge in [0.15, 0.2) is 0 Å². The van der Waals surface area contributed by atoms with Crippen LogP contribution in [0.4, 0.5) is 18.9 Å². The second-order valence-corrected chi connectivity index (χ2v) is 9.53. The van der Waals surface area contributed by atoms with Crippen molar-refractivity contribution < 1.29 is 31.5 Å². The standard InChI is InChI=1S/C20H20ClF3N2O4S/c21-15-9-14(4-6-16(15)23)25-20(28)12-3-5-17(24)19(8-12)31(29,30)26-7-1-2-13(10-22)18(27)11-26/h3-6,8-9,13,18,27H,1-2,7,10-11H2,(H,25,28)/t13?,18-/m1/s1. The first kappa shape index (κ1) is 23.5. The lowest BCUT2D eigenvalue weighted by Gasteiger charge is -2.23. The number of anilines is 1. The van der Waals surface area contributed by atoms with E-state index in [0.717, 1.165) is 28.6 Å². The van der Waals surface area contributed by atoms with E-state index in [0.29, 0.717) is 12.8 Å². The molecule has 0 bridgehead atoms. The molecular formula is C20H20ClF3N2O4S. The van der Waals surface area contributed by atoms with Crippen molar-refractivity contribution in [3.8, 4) is 0 Å². The average molecular weight is 477 g/mol. The Bertz CT molecular complexity index is 1080. The third kappa shape index (κ3) is 5.20. The van der Waals surface area contributed by atoms with Gasteiger partial charge in [-0.15, -0.1) is 0 Å². The molecule has 1 fully saturated rings. The van der Waals surface area contributed by atoms with Crippen molar-refractivity contribution in [3.63, 3.8) is 0 Å². The Hall–Kier alpha value is -2.14. The van der Waals surface area contributed by atoms with Crippen LogP contribution in [0, 0.1) is 17.6 Å². The zero-order valence-electron chi connectivity index (χ0n) is 16.2. The third-order valence-corrected chi connectivity index (χ3v) is 7.27. The normalized spacial score (nSPS) is 20.3. The molecule has 0 aromatic heterocycles. The van der Waals surface area contributed by atoms with E-state index < -0.39 is 51.2 Å². The maximum Gasteiger partial charge on any atom is 0.255 e. The van der Waals surface area contributed by atoms with Gasteiger partial charge in [0.1, 0.15) is 16.5 Å². The van der Waals surface area contributed by atoms with Gasteiger partial charge in [-0.3, -0.25) is 9.18 Å². The van der Waals surface area contributed by atoms with Gasteiger partial charge in [0.25, 0.3) is 5.91 Å². The molecule has 0 aliphatic carbocycles. The molecule has 2 N–H and O–H groups in total. The summed E-state index contributed by atoms with van der Waals surface area (Å²) in [7, 11) is -4.40. The highest BCUT2D eigenvalue weighted by Gasteiger charge is 2.34. The molecule has 1 heterocycles. The van der Waals surface area contributed by atoms with Crippen LogP contribution in [0.25, 0.3) is 0 Å². The number of rotatable bonds is 5. The summed E-state index contributed by atoms with van der Waals surface area (Å²) >= 11 is 5.68. The van der Waals surface area contributed by atoms with Crippen LogP contribution in [0.3, 0.4) is 0 Å². The Balaban J connectivity index is 1.87. The minimum Gasteiger partial charge on any atom is -0.391 e. The predicted octanol–water partition coefficient (Wildman–Crippen LogP) is 3.60. The van der Waals surface area contributed by atoms with E-state index in [1.165, 1.54) is 12.1 Å². The first-order valence-electron chi connectivity index (χ1n) is 9.43. The number of hydrogen-bond donors (Lipinski definition) is 2. The average Bonchev–Trinajstić information content (AvgIpc) is 2.92. The number of benzene rings is 2. The molecule has 6 nitrogen and oxygen atoms in total. The maximum atomic E-state index is 14.4. The summed E-state index contributed by atoms with van der Waals surface area (Å²) < 4.78 is 67.6. The molecule has 31 heavy (non-hydrogen) atoms. The number of aliphatic hydroxyl groups excluding tert-OH is 1. The van der Waals surface area contributed by atoms with E-state index in [9.17, 15) is 31.5 Å². The van der Waals surface area contributed by atoms with E-state index in [-0.39, 0.29) is 29.4 Å². The van der Waals surface area contributed by atoms with E-state index >= 15 is 0 Å². The Morgan fingerprint density at radius 2 is 1.90 bits per heavy atom. The van der Waals surface area contributed by atoms with Crippen LogP contribution in [0.2, 0.25) is 5.02 Å². The van der Waals surface area contributed by atoms with Crippen LogP contribution in [0.15, 0.2) is 41.3 Å². The lowest BCUT2D eigenvalue weighted by atomic mass is 10.00. The van der Waals surface area contributed by atoms with Crippen molar-refractivity contribution >= 4 is 33.2 Å². The quantitative estimate of drug-likeness (QED) is 0.690. The number of carbonyl (C=O) groups excluding carboxylic acids is 1. The third-order valence-electron chi connectivity index (χ3n) is 5.10. The summed E-state index contributed by atoms with van der Waals surface area (Å²) in [5.74, 6) is -3.19. The smallest absolute Gasteiger partial charge is 0.255 e. The molecule has 2 atom stereocenters. The van der Waals surface area contributed by atoms with E-state index in [2.05, 4.69) is 5.32 Å². The van der Waals surface area contributed by atoms with Crippen LogP contribution in [-0.4, -0.2) is 49.6 Å². The first-order valence-corrected chi connectivity index (χ1v) is 11.3. The van der Waals surface area contributed by atoms with Crippen LogP contribution >= 0.6 is 11.6 Å². The van der Waals surface area contributed by atoms with Crippen molar-refractivity contribution in [3.05, 3.63) is 58.6 Å². The summed E-state index contributed by atoms with van der Waals surface area (Å²) in [5.41, 5.74) is 0.00969. The van der Waals surface area contributed by atoms with Gasteiger partial charge in [0.05, 0.1) is 17.8 Å². The summed E-state index contributed by atoms with van der Waals surface area (Å²) in [5, 5.41) is 12.3. The Morgan fingerprint density at radius 1 is 1.19 bits per heavy atom. The SMILES string of the molecule is O=C(Nc1ccc(F)c(Cl)c1)c1ccc(F)c(S(=O)(=O)N2CCCC(CF)[C@H](O)C2)c1. The summed E-state index contributed by atoms with van der Waals surface area (Å²) in [6.45, 7) is -1.17. The highest BCUT2D eigenvalue weighted by atomic mass is 35.5. The number of nitrogens with zero attached hydrogens (tertiary/aromatic N) is 1. The van der Waals surface area contributed by atoms with E-state index in [4.69, 9.17) is 11.6 Å². The number of aliphatic hydroxyl groups is 1. The van der Waals surface area contributed by atoms with Gasteiger partial charge in [0.2, 0.25) is 10.0 Å². The topological polar surface area (TPSA) is 86.7 Å². The van der Waals surface area contributed by atoms with Crippen LogP contribution in [-0.2, 0) is 10.0 Å². The zero-order valence-corrected chi connectivity index (χ0v) is 17.8. The monoisotopic (exact) mass is 476 g/mol. The van der Waals surface area contributed by atoms with Gasteiger partial charge in [-0.1, -0.05) is 11.6 Å². The molecule has 0 saturated carbocycles. The highest BCUT2D eigenvalue weighted by Crippen LogP contribution is 2.27.